The van der Waals surface area contributed by atoms with Gasteiger partial charge in [-0.1, -0.05) is 18.9 Å². The average molecular weight is 242 g/mol. The Bertz CT molecular complexity index is 579. The molecule has 1 aliphatic carbocycles. The summed E-state index contributed by atoms with van der Waals surface area (Å²) < 4.78 is 0. The molecular formula is C15H18N2O. The summed E-state index contributed by atoms with van der Waals surface area (Å²) in [5.74, 6) is 1.93. The summed E-state index contributed by atoms with van der Waals surface area (Å²) in [6, 6.07) is 6.08. The van der Waals surface area contributed by atoms with Crippen molar-refractivity contribution in [3.63, 3.8) is 0 Å². The minimum Gasteiger partial charge on any atom is -0.342 e. The number of carbonyl (C=O) groups excluding carboxylic acids is 1. The number of rotatable bonds is 3. The highest BCUT2D eigenvalue weighted by Gasteiger charge is 2.20. The van der Waals surface area contributed by atoms with Crippen LogP contribution in [0.15, 0.2) is 18.2 Å². The summed E-state index contributed by atoms with van der Waals surface area (Å²) >= 11 is 0. The van der Waals surface area contributed by atoms with Crippen molar-refractivity contribution in [2.45, 2.75) is 44.9 Å². The van der Waals surface area contributed by atoms with Gasteiger partial charge in [-0.05, 0) is 37.5 Å². The SMILES string of the molecule is CC(=O)Cc1ccc2nc(C3CCCC3)[nH]c2c1. The second-order valence-corrected chi connectivity index (χ2v) is 5.33. The molecule has 1 aliphatic rings. The van der Waals surface area contributed by atoms with E-state index in [-0.39, 0.29) is 5.78 Å². The molecular weight excluding hydrogens is 224 g/mol. The smallest absolute Gasteiger partial charge is 0.134 e. The van der Waals surface area contributed by atoms with Gasteiger partial charge in [-0.15, -0.1) is 0 Å². The fourth-order valence-corrected chi connectivity index (χ4v) is 2.87. The normalized spacial score (nSPS) is 16.5. The number of Topliss-reactive ketones (excluding diaryl/α,β-unsaturated/α-hetero) is 1. The monoisotopic (exact) mass is 242 g/mol. The van der Waals surface area contributed by atoms with Gasteiger partial charge in [-0.25, -0.2) is 4.98 Å². The van der Waals surface area contributed by atoms with Crippen molar-refractivity contribution in [3.8, 4) is 0 Å². The van der Waals surface area contributed by atoms with Crippen molar-refractivity contribution in [2.24, 2.45) is 0 Å². The van der Waals surface area contributed by atoms with Crippen LogP contribution in [0.1, 0.15) is 49.9 Å². The van der Waals surface area contributed by atoms with Crippen molar-refractivity contribution in [2.75, 3.05) is 0 Å². The molecule has 0 spiro atoms. The van der Waals surface area contributed by atoms with Crippen LogP contribution in [0.5, 0.6) is 0 Å². The number of ketones is 1. The van der Waals surface area contributed by atoms with E-state index in [0.717, 1.165) is 22.4 Å². The van der Waals surface area contributed by atoms with E-state index < -0.39 is 0 Å². The number of aromatic nitrogens is 2. The number of hydrogen-bond acceptors (Lipinski definition) is 2. The molecule has 0 amide bonds. The summed E-state index contributed by atoms with van der Waals surface area (Å²) in [4.78, 5) is 19.2. The molecule has 3 rings (SSSR count). The molecule has 0 aliphatic heterocycles. The van der Waals surface area contributed by atoms with Gasteiger partial charge in [-0.3, -0.25) is 4.79 Å². The Kier molecular flexibility index (Phi) is 2.90. The third-order valence-corrected chi connectivity index (χ3v) is 3.76. The summed E-state index contributed by atoms with van der Waals surface area (Å²) in [7, 11) is 0. The Balaban J connectivity index is 1.93. The largest absolute Gasteiger partial charge is 0.342 e. The number of benzene rings is 1. The summed E-state index contributed by atoms with van der Waals surface area (Å²) in [5.41, 5.74) is 3.15. The molecule has 1 aromatic heterocycles. The second kappa shape index (κ2) is 4.56. The first-order valence-corrected chi connectivity index (χ1v) is 6.70. The molecule has 2 aromatic rings. The van der Waals surface area contributed by atoms with E-state index >= 15 is 0 Å². The van der Waals surface area contributed by atoms with Gasteiger partial charge in [0.2, 0.25) is 0 Å². The molecule has 1 fully saturated rings. The van der Waals surface area contributed by atoms with E-state index in [1.54, 1.807) is 6.92 Å². The van der Waals surface area contributed by atoms with Crippen LogP contribution in [0.25, 0.3) is 11.0 Å². The quantitative estimate of drug-likeness (QED) is 0.897. The third-order valence-electron chi connectivity index (χ3n) is 3.76. The van der Waals surface area contributed by atoms with Gasteiger partial charge in [0.25, 0.3) is 0 Å². The molecule has 0 atom stereocenters. The summed E-state index contributed by atoms with van der Waals surface area (Å²) in [5, 5.41) is 0. The highest BCUT2D eigenvalue weighted by Crippen LogP contribution is 2.33. The lowest BCUT2D eigenvalue weighted by Crippen LogP contribution is -1.95. The van der Waals surface area contributed by atoms with Crippen LogP contribution in [0.2, 0.25) is 0 Å². The predicted molar refractivity (Wildman–Crippen MR) is 71.7 cm³/mol. The van der Waals surface area contributed by atoms with Gasteiger partial charge in [-0.2, -0.15) is 0 Å². The third kappa shape index (κ3) is 2.17. The first kappa shape index (κ1) is 11.5. The number of imidazole rings is 1. The minimum atomic E-state index is 0.199. The molecule has 1 saturated carbocycles. The summed E-state index contributed by atoms with van der Waals surface area (Å²) in [6.07, 6.45) is 5.64. The van der Waals surface area contributed by atoms with Crippen LogP contribution in [-0.2, 0) is 11.2 Å². The van der Waals surface area contributed by atoms with Crippen molar-refractivity contribution >= 4 is 16.8 Å². The van der Waals surface area contributed by atoms with Gasteiger partial charge >= 0.3 is 0 Å². The molecule has 3 nitrogen and oxygen atoms in total. The van der Waals surface area contributed by atoms with Crippen molar-refractivity contribution in [3.05, 3.63) is 29.6 Å². The molecule has 94 valence electrons. The predicted octanol–water partition coefficient (Wildman–Crippen LogP) is 3.35. The topological polar surface area (TPSA) is 45.8 Å². The molecule has 0 bridgehead atoms. The van der Waals surface area contributed by atoms with Crippen molar-refractivity contribution in [1.82, 2.24) is 9.97 Å². The van der Waals surface area contributed by atoms with Crippen molar-refractivity contribution in [1.29, 1.82) is 0 Å². The zero-order valence-electron chi connectivity index (χ0n) is 10.7. The zero-order valence-corrected chi connectivity index (χ0v) is 10.7. The highest BCUT2D eigenvalue weighted by molar-refractivity contribution is 5.81. The van der Waals surface area contributed by atoms with Crippen LogP contribution < -0.4 is 0 Å². The molecule has 0 unspecified atom stereocenters. The van der Waals surface area contributed by atoms with Crippen LogP contribution in [0.4, 0.5) is 0 Å². The lowest BCUT2D eigenvalue weighted by molar-refractivity contribution is -0.116. The molecule has 1 aromatic carbocycles. The van der Waals surface area contributed by atoms with E-state index in [1.165, 1.54) is 25.7 Å². The maximum absolute atomic E-state index is 11.1. The number of carbonyl (C=O) groups is 1. The number of nitrogens with zero attached hydrogens (tertiary/aromatic N) is 1. The van der Waals surface area contributed by atoms with Crippen LogP contribution in [-0.4, -0.2) is 15.8 Å². The Morgan fingerprint density at radius 2 is 2.17 bits per heavy atom. The minimum absolute atomic E-state index is 0.199. The van der Waals surface area contributed by atoms with E-state index in [0.29, 0.717) is 12.3 Å². The van der Waals surface area contributed by atoms with E-state index in [2.05, 4.69) is 16.0 Å². The van der Waals surface area contributed by atoms with E-state index in [9.17, 15) is 4.79 Å². The Labute approximate surface area is 107 Å². The molecule has 1 N–H and O–H groups in total. The maximum Gasteiger partial charge on any atom is 0.134 e. The number of hydrogen-bond donors (Lipinski definition) is 1. The molecule has 0 radical (unpaired) electrons. The summed E-state index contributed by atoms with van der Waals surface area (Å²) in [6.45, 7) is 1.63. The maximum atomic E-state index is 11.1. The van der Waals surface area contributed by atoms with Gasteiger partial charge in [0.15, 0.2) is 0 Å². The molecule has 1 heterocycles. The number of nitrogens with one attached hydrogen (secondary N) is 1. The lowest BCUT2D eigenvalue weighted by Gasteiger charge is -2.02. The lowest BCUT2D eigenvalue weighted by atomic mass is 10.1. The van der Waals surface area contributed by atoms with Gasteiger partial charge < -0.3 is 4.98 Å². The van der Waals surface area contributed by atoms with Gasteiger partial charge in [0, 0.05) is 12.3 Å². The standard InChI is InChI=1S/C15H18N2O/c1-10(18)8-11-6-7-13-14(9-11)17-15(16-13)12-4-2-3-5-12/h6-7,9,12H,2-5,8H2,1H3,(H,16,17). The Morgan fingerprint density at radius 3 is 2.89 bits per heavy atom. The fourth-order valence-electron chi connectivity index (χ4n) is 2.87. The highest BCUT2D eigenvalue weighted by atomic mass is 16.1. The first-order valence-electron chi connectivity index (χ1n) is 6.70. The van der Waals surface area contributed by atoms with Gasteiger partial charge in [0.1, 0.15) is 11.6 Å². The van der Waals surface area contributed by atoms with Gasteiger partial charge in [0.05, 0.1) is 11.0 Å². The molecule has 0 saturated heterocycles. The Hall–Kier alpha value is -1.64. The second-order valence-electron chi connectivity index (χ2n) is 5.33. The van der Waals surface area contributed by atoms with E-state index in [4.69, 9.17) is 0 Å². The van der Waals surface area contributed by atoms with Crippen LogP contribution in [0, 0.1) is 0 Å². The van der Waals surface area contributed by atoms with Crippen LogP contribution in [0.3, 0.4) is 0 Å². The average Bonchev–Trinajstić information content (AvgIpc) is 2.95. The number of fused-ring (bicyclic) bond motifs is 1. The van der Waals surface area contributed by atoms with Crippen molar-refractivity contribution < 1.29 is 4.79 Å². The van der Waals surface area contributed by atoms with E-state index in [1.807, 2.05) is 12.1 Å². The zero-order chi connectivity index (χ0) is 12.5. The Morgan fingerprint density at radius 1 is 1.39 bits per heavy atom. The number of H-pyrrole nitrogens is 1. The first-order chi connectivity index (χ1) is 8.72. The molecule has 3 heteroatoms. The molecule has 18 heavy (non-hydrogen) atoms. The number of aromatic amines is 1. The van der Waals surface area contributed by atoms with Crippen LogP contribution >= 0.6 is 0 Å². The fraction of sp³-hybridized carbons (Fsp3) is 0.467.